The van der Waals surface area contributed by atoms with E-state index in [-0.39, 0.29) is 17.9 Å². The first kappa shape index (κ1) is 22.3. The summed E-state index contributed by atoms with van der Waals surface area (Å²) in [5.41, 5.74) is 3.77. The number of cyclic esters (lactones) is 1. The molecule has 1 N–H and O–H groups in total. The number of aryl methyl sites for hydroxylation is 1. The number of amides is 3. The molecule has 2 heterocycles. The van der Waals surface area contributed by atoms with E-state index >= 15 is 0 Å². The van der Waals surface area contributed by atoms with Crippen molar-refractivity contribution in [2.24, 2.45) is 0 Å². The first-order chi connectivity index (χ1) is 15.1. The number of anilines is 1. The lowest BCUT2D eigenvalue weighted by Gasteiger charge is -2.16. The molecule has 31 heavy (non-hydrogen) atoms. The summed E-state index contributed by atoms with van der Waals surface area (Å²) < 4.78 is 18.3. The van der Waals surface area contributed by atoms with Gasteiger partial charge in [-0.05, 0) is 60.2 Å². The number of fused-ring (bicyclic) bond motifs is 1. The molecule has 0 bridgehead atoms. The molecular weight excluding hydrogens is 397 g/mol. The number of ether oxygens (including phenoxy) is 1. The third-order valence-corrected chi connectivity index (χ3v) is 5.37. The predicted octanol–water partition coefficient (Wildman–Crippen LogP) is 4.95. The Hall–Kier alpha value is -3.35. The van der Waals surface area contributed by atoms with E-state index < -0.39 is 0 Å². The van der Waals surface area contributed by atoms with Gasteiger partial charge in [-0.15, -0.1) is 13.2 Å². The van der Waals surface area contributed by atoms with Crippen LogP contribution in [0.2, 0.25) is 0 Å². The van der Waals surface area contributed by atoms with Crippen molar-refractivity contribution in [2.45, 2.75) is 32.4 Å². The SMILES string of the molecule is C=C.O=C(Nc1ccc(CCCCN2CCOC2=O)cc1)N1Cc2ccc(F)cc2C1. The highest BCUT2D eigenvalue weighted by atomic mass is 19.1. The summed E-state index contributed by atoms with van der Waals surface area (Å²) >= 11 is 0. The first-order valence-electron chi connectivity index (χ1n) is 10.4. The molecule has 2 aliphatic rings. The van der Waals surface area contributed by atoms with Crippen LogP contribution in [0.1, 0.15) is 29.5 Å². The van der Waals surface area contributed by atoms with Crippen LogP contribution in [0.15, 0.2) is 55.6 Å². The molecule has 1 saturated heterocycles. The van der Waals surface area contributed by atoms with Gasteiger partial charge in [0.05, 0.1) is 6.54 Å². The number of nitrogens with one attached hydrogen (secondary N) is 1. The van der Waals surface area contributed by atoms with Crippen LogP contribution in [0, 0.1) is 5.82 Å². The second kappa shape index (κ2) is 10.6. The average molecular weight is 426 g/mol. The van der Waals surface area contributed by atoms with Crippen LogP contribution in [-0.4, -0.2) is 41.6 Å². The number of unbranched alkanes of at least 4 members (excludes halogenated alkanes) is 1. The van der Waals surface area contributed by atoms with Crippen LogP contribution >= 0.6 is 0 Å². The molecule has 0 aromatic heterocycles. The van der Waals surface area contributed by atoms with Gasteiger partial charge in [-0.3, -0.25) is 0 Å². The van der Waals surface area contributed by atoms with E-state index in [1.54, 1.807) is 15.9 Å². The Balaban J connectivity index is 0.00000132. The van der Waals surface area contributed by atoms with Crippen LogP contribution in [0.3, 0.4) is 0 Å². The number of nitrogens with zero attached hydrogens (tertiary/aromatic N) is 2. The smallest absolute Gasteiger partial charge is 0.409 e. The first-order valence-corrected chi connectivity index (χ1v) is 10.4. The summed E-state index contributed by atoms with van der Waals surface area (Å²) in [4.78, 5) is 27.3. The molecule has 0 radical (unpaired) electrons. The maximum Gasteiger partial charge on any atom is 0.409 e. The molecule has 0 spiro atoms. The molecule has 7 heteroatoms. The monoisotopic (exact) mass is 425 g/mol. The summed E-state index contributed by atoms with van der Waals surface area (Å²) in [6.07, 6.45) is 2.63. The Labute approximate surface area is 182 Å². The standard InChI is InChI=1S/C22H24FN3O3.C2H4/c23-19-7-6-17-14-26(15-18(17)13-19)21(27)24-20-8-4-16(5-9-20)3-1-2-10-25-11-12-29-22(25)28;1-2/h4-9,13H,1-3,10-12,14-15H2,(H,24,27);1-2H2. The lowest BCUT2D eigenvalue weighted by atomic mass is 10.1. The number of urea groups is 1. The van der Waals surface area contributed by atoms with Crippen molar-refractivity contribution in [1.29, 1.82) is 0 Å². The fourth-order valence-corrected chi connectivity index (χ4v) is 3.72. The van der Waals surface area contributed by atoms with Gasteiger partial charge in [-0.2, -0.15) is 0 Å². The van der Waals surface area contributed by atoms with Crippen LogP contribution < -0.4 is 5.32 Å². The zero-order valence-electron chi connectivity index (χ0n) is 17.6. The third-order valence-electron chi connectivity index (χ3n) is 5.37. The number of hydrogen-bond donors (Lipinski definition) is 1. The fraction of sp³-hybridized carbons (Fsp3) is 0.333. The van der Waals surface area contributed by atoms with E-state index in [0.29, 0.717) is 26.2 Å². The van der Waals surface area contributed by atoms with Crippen LogP contribution in [0.4, 0.5) is 19.7 Å². The van der Waals surface area contributed by atoms with Crippen molar-refractivity contribution in [2.75, 3.05) is 25.0 Å². The number of hydrogen-bond acceptors (Lipinski definition) is 3. The zero-order valence-corrected chi connectivity index (χ0v) is 17.6. The second-order valence-corrected chi connectivity index (χ2v) is 7.45. The highest BCUT2D eigenvalue weighted by Crippen LogP contribution is 2.24. The second-order valence-electron chi connectivity index (χ2n) is 7.45. The number of benzene rings is 2. The summed E-state index contributed by atoms with van der Waals surface area (Å²) in [6, 6.07) is 12.3. The molecule has 6 nitrogen and oxygen atoms in total. The lowest BCUT2D eigenvalue weighted by Crippen LogP contribution is -2.30. The Bertz CT molecular complexity index is 917. The maximum absolute atomic E-state index is 13.3. The minimum Gasteiger partial charge on any atom is -0.448 e. The average Bonchev–Trinajstić information content (AvgIpc) is 3.39. The molecule has 2 aromatic carbocycles. The molecule has 3 amide bonds. The maximum atomic E-state index is 13.3. The predicted molar refractivity (Wildman–Crippen MR) is 118 cm³/mol. The van der Waals surface area contributed by atoms with Crippen molar-refractivity contribution in [3.8, 4) is 0 Å². The largest absolute Gasteiger partial charge is 0.448 e. The van der Waals surface area contributed by atoms with Gasteiger partial charge in [-0.1, -0.05) is 18.2 Å². The van der Waals surface area contributed by atoms with Gasteiger partial charge in [-0.25, -0.2) is 14.0 Å². The van der Waals surface area contributed by atoms with Gasteiger partial charge < -0.3 is 19.9 Å². The Morgan fingerprint density at radius 2 is 1.81 bits per heavy atom. The number of rotatable bonds is 6. The van der Waals surface area contributed by atoms with Crippen molar-refractivity contribution >= 4 is 17.8 Å². The van der Waals surface area contributed by atoms with Crippen LogP contribution in [0.5, 0.6) is 0 Å². The number of carbonyl (C=O) groups is 2. The van der Waals surface area contributed by atoms with E-state index in [9.17, 15) is 14.0 Å². The van der Waals surface area contributed by atoms with Gasteiger partial charge in [0.1, 0.15) is 12.4 Å². The van der Waals surface area contributed by atoms with Gasteiger partial charge >= 0.3 is 12.1 Å². The van der Waals surface area contributed by atoms with Gasteiger partial charge in [0.2, 0.25) is 0 Å². The van der Waals surface area contributed by atoms with Gasteiger partial charge in [0.25, 0.3) is 0 Å². The molecule has 0 atom stereocenters. The van der Waals surface area contributed by atoms with Crippen molar-refractivity contribution in [3.05, 3.63) is 78.1 Å². The van der Waals surface area contributed by atoms with Crippen molar-refractivity contribution < 1.29 is 18.7 Å². The molecular formula is C24H28FN3O3. The highest BCUT2D eigenvalue weighted by Gasteiger charge is 2.24. The van der Waals surface area contributed by atoms with E-state index in [1.807, 2.05) is 24.3 Å². The van der Waals surface area contributed by atoms with Crippen molar-refractivity contribution in [3.63, 3.8) is 0 Å². The molecule has 164 valence electrons. The Morgan fingerprint density at radius 1 is 1.06 bits per heavy atom. The summed E-state index contributed by atoms with van der Waals surface area (Å²) in [7, 11) is 0. The van der Waals surface area contributed by atoms with E-state index in [0.717, 1.165) is 42.6 Å². The summed E-state index contributed by atoms with van der Waals surface area (Å²) in [5.74, 6) is -0.276. The van der Waals surface area contributed by atoms with Crippen LogP contribution in [-0.2, 0) is 24.2 Å². The van der Waals surface area contributed by atoms with E-state index in [4.69, 9.17) is 4.74 Å². The van der Waals surface area contributed by atoms with Gasteiger partial charge in [0.15, 0.2) is 0 Å². The summed E-state index contributed by atoms with van der Waals surface area (Å²) in [5, 5.41) is 2.90. The van der Waals surface area contributed by atoms with E-state index in [1.165, 1.54) is 17.7 Å². The highest BCUT2D eigenvalue weighted by molar-refractivity contribution is 5.89. The van der Waals surface area contributed by atoms with Gasteiger partial charge in [0, 0.05) is 25.3 Å². The zero-order chi connectivity index (χ0) is 22.2. The molecule has 0 saturated carbocycles. The molecule has 2 aromatic rings. The topological polar surface area (TPSA) is 61.9 Å². The normalized spacial score (nSPS) is 14.5. The minimum absolute atomic E-state index is 0.188. The molecule has 2 aliphatic heterocycles. The molecule has 0 aliphatic carbocycles. The van der Waals surface area contributed by atoms with Crippen molar-refractivity contribution in [1.82, 2.24) is 9.80 Å². The minimum atomic E-state index is -0.276. The fourth-order valence-electron chi connectivity index (χ4n) is 3.72. The number of halogens is 1. The Kier molecular flexibility index (Phi) is 7.65. The lowest BCUT2D eigenvalue weighted by molar-refractivity contribution is 0.158. The molecule has 4 rings (SSSR count). The molecule has 0 unspecified atom stereocenters. The third kappa shape index (κ3) is 5.84. The number of carbonyl (C=O) groups excluding carboxylic acids is 2. The van der Waals surface area contributed by atoms with Crippen LogP contribution in [0.25, 0.3) is 0 Å². The summed E-state index contributed by atoms with van der Waals surface area (Å²) in [6.45, 7) is 8.82. The van der Waals surface area contributed by atoms with E-state index in [2.05, 4.69) is 18.5 Å². The molecule has 1 fully saturated rings. The quantitative estimate of drug-likeness (QED) is 0.526. The Morgan fingerprint density at radius 3 is 2.52 bits per heavy atom.